The minimum Gasteiger partial charge on any atom is -0.481 e. The largest absolute Gasteiger partial charge is 0.481 e. The number of carbonyl (C=O) groups is 23. The molecule has 46 nitrogen and oxygen atoms in total. The topological polar surface area (TPSA) is 746 Å². The van der Waals surface area contributed by atoms with Gasteiger partial charge in [-0.05, 0) is 102 Å². The summed E-state index contributed by atoms with van der Waals surface area (Å²) in [6.45, 7) is 5.32. The Morgan fingerprint density at radius 2 is 0.678 bits per heavy atom. The first kappa shape index (κ1) is 101. The van der Waals surface area contributed by atoms with Crippen molar-refractivity contribution in [3.8, 4) is 0 Å². The molecule has 22 N–H and O–H groups in total. The zero-order valence-corrected chi connectivity index (χ0v) is 65.0. The molecule has 1 heterocycles. The molecular formula is C72H103N13O33. The third kappa shape index (κ3) is 40.1. The summed E-state index contributed by atoms with van der Waals surface area (Å²) < 4.78 is 5.55. The summed E-state index contributed by atoms with van der Waals surface area (Å²) in [7, 11) is 0. The molecule has 1 aliphatic rings. The molecule has 1 aliphatic heterocycles. The second-order valence-electron chi connectivity index (χ2n) is 27.9. The fourth-order valence-electron chi connectivity index (χ4n) is 11.5. The van der Waals surface area contributed by atoms with E-state index in [1.165, 1.54) is 43.0 Å². The van der Waals surface area contributed by atoms with Gasteiger partial charge in [-0.3, -0.25) is 110 Å². The van der Waals surface area contributed by atoms with Gasteiger partial charge < -0.3 is 120 Å². The van der Waals surface area contributed by atoms with Crippen molar-refractivity contribution in [1.29, 1.82) is 0 Å². The SMILES string of the molecule is CC(=O)c1ccc(C[C@H](NC(=O)[C@@H](CCC(=O)O)NC(=O)[C@@H](CCC(=O)O)NC(=O)[C@@H](CCC(=O)O)NC(=O)[C@@H](CCC(=O)O)NC(=O)[C@@H](CCC(=O)O)NC(=O)[C@@H](CCC(=O)O)NC(=O)[C@@H](CCC(=O)O)NC(=O)[C@@H](CCC(=O)O)NC(=O)[C@H](N)CCC(=O)O)C(=O)NCCOCC(=O)N2CCC[C@H]2C(=O)N[C@@H](CC(C)C)C(C)=O)cc1. The summed E-state index contributed by atoms with van der Waals surface area (Å²) in [6.07, 6.45) is -15.1. The van der Waals surface area contributed by atoms with Gasteiger partial charge in [0.25, 0.3) is 0 Å². The van der Waals surface area contributed by atoms with Gasteiger partial charge in [-0.2, -0.15) is 0 Å². The molecule has 0 aromatic heterocycles. The molecule has 0 radical (unpaired) electrons. The van der Waals surface area contributed by atoms with E-state index in [-0.39, 0.29) is 49.2 Å². The Morgan fingerprint density at radius 1 is 0.390 bits per heavy atom. The number of amides is 12. The van der Waals surface area contributed by atoms with Crippen molar-refractivity contribution >= 4 is 136 Å². The number of nitrogens with one attached hydrogen (secondary N) is 11. The molecule has 0 spiro atoms. The van der Waals surface area contributed by atoms with Crippen LogP contribution in [-0.4, -0.2) is 286 Å². The summed E-state index contributed by atoms with van der Waals surface area (Å²) in [6, 6.07) is -16.0. The van der Waals surface area contributed by atoms with Crippen molar-refractivity contribution in [2.24, 2.45) is 11.7 Å². The number of likely N-dealkylation sites (tertiary alicyclic amines) is 1. The van der Waals surface area contributed by atoms with Gasteiger partial charge in [-0.1, -0.05) is 38.1 Å². The second-order valence-corrected chi connectivity index (χ2v) is 27.9. The van der Waals surface area contributed by atoms with Crippen LogP contribution in [0.15, 0.2) is 24.3 Å². The lowest BCUT2D eigenvalue weighted by molar-refractivity contribution is -0.142. The number of carboxylic acids is 9. The molecule has 0 bridgehead atoms. The Labute approximate surface area is 673 Å². The summed E-state index contributed by atoms with van der Waals surface area (Å²) in [5.74, 6) is -29.8. The molecule has 0 aliphatic carbocycles. The zero-order valence-electron chi connectivity index (χ0n) is 65.0. The molecule has 2 rings (SSSR count). The zero-order chi connectivity index (χ0) is 89.2. The van der Waals surface area contributed by atoms with Crippen molar-refractivity contribution in [2.45, 2.75) is 241 Å². The van der Waals surface area contributed by atoms with Crippen molar-refractivity contribution in [2.75, 3.05) is 26.3 Å². The molecule has 0 unspecified atom stereocenters. The first-order valence-electron chi connectivity index (χ1n) is 37.3. The van der Waals surface area contributed by atoms with Crippen LogP contribution in [0.1, 0.15) is 178 Å². The van der Waals surface area contributed by atoms with E-state index in [2.05, 4.69) is 58.5 Å². The molecule has 1 aromatic rings. The number of Topliss-reactive ketones (excluding diaryl/α,β-unsaturated/α-hetero) is 2. The van der Waals surface area contributed by atoms with Crippen LogP contribution in [0.2, 0.25) is 0 Å². The standard InChI is InChI=1S/C72H103N13O33/c1-35(2)32-49(37(4)87)83-72(117)51-6-5-30-85(51)52(88)34-118-31-29-74-63(108)50(33-38-7-9-39(10-8-38)36(3)86)84-71(116)48(19-28-61(105)106)82-70(115)47(18-27-60(103)104)81-69(114)46(17-26-59(101)102)80-68(113)45(16-25-58(99)100)79-67(112)44(15-24-57(97)98)78-66(111)43(14-23-56(95)96)77-65(110)42(13-22-55(93)94)76-64(109)41(12-21-54(91)92)75-62(107)40(73)11-20-53(89)90/h7-10,35,40-51H,5-6,11-34,73H2,1-4H3,(H,74,108)(H,75,107)(H,76,109)(H,77,110)(H,78,111)(H,79,112)(H,80,113)(H,81,114)(H,82,115)(H,83,117)(H,84,116)(H,89,90)(H,91,92)(H,93,94)(H,95,96)(H,97,98)(H,99,100)(H,101,102)(H,103,104)(H,105,106)/t40-,41-,42-,43-,44-,45-,46-,47-,48-,49+,50+,51+/m1/s1. The quantitative estimate of drug-likeness (QED) is 0.0215. The third-order valence-electron chi connectivity index (χ3n) is 17.8. The lowest BCUT2D eigenvalue weighted by atomic mass is 10.0. The highest BCUT2D eigenvalue weighted by Crippen LogP contribution is 2.20. The predicted molar refractivity (Wildman–Crippen MR) is 398 cm³/mol. The Balaban J connectivity index is 2.57. The Morgan fingerprint density at radius 3 is 0.958 bits per heavy atom. The molecule has 1 fully saturated rings. The third-order valence-corrected chi connectivity index (χ3v) is 17.8. The highest BCUT2D eigenvalue weighted by Gasteiger charge is 2.39. The van der Waals surface area contributed by atoms with E-state index < -0.39 is 319 Å². The van der Waals surface area contributed by atoms with Crippen molar-refractivity contribution in [1.82, 2.24) is 63.4 Å². The van der Waals surface area contributed by atoms with Gasteiger partial charge >= 0.3 is 53.7 Å². The van der Waals surface area contributed by atoms with Gasteiger partial charge in [-0.25, -0.2) is 0 Å². The molecule has 654 valence electrons. The molecule has 12 amide bonds. The average Bonchev–Trinajstić information content (AvgIpc) is 1.56. The summed E-state index contributed by atoms with van der Waals surface area (Å²) in [5, 5.41) is 111. The van der Waals surface area contributed by atoms with E-state index in [9.17, 15) is 151 Å². The number of benzene rings is 1. The van der Waals surface area contributed by atoms with E-state index in [0.29, 0.717) is 24.8 Å². The summed E-state index contributed by atoms with van der Waals surface area (Å²) in [5.41, 5.74) is 6.30. The number of nitrogens with zero attached hydrogens (tertiary/aromatic N) is 1. The molecule has 118 heavy (non-hydrogen) atoms. The number of hydrogen-bond donors (Lipinski definition) is 21. The number of hydrogen-bond acceptors (Lipinski definition) is 25. The molecule has 1 saturated heterocycles. The summed E-state index contributed by atoms with van der Waals surface area (Å²) in [4.78, 5) is 299. The maximum atomic E-state index is 14.4. The number of ketones is 2. The van der Waals surface area contributed by atoms with Crippen LogP contribution in [0.25, 0.3) is 0 Å². The highest BCUT2D eigenvalue weighted by molar-refractivity contribution is 6.00. The van der Waals surface area contributed by atoms with Crippen LogP contribution in [0.5, 0.6) is 0 Å². The first-order valence-corrected chi connectivity index (χ1v) is 37.3. The van der Waals surface area contributed by atoms with Crippen molar-refractivity contribution < 1.29 is 161 Å². The Hall–Kier alpha value is -12.6. The minimum atomic E-state index is -2.20. The fraction of sp³-hybridized carbons (Fsp3) is 0.597. The van der Waals surface area contributed by atoms with E-state index in [4.69, 9.17) is 15.6 Å². The lowest BCUT2D eigenvalue weighted by Gasteiger charge is -2.28. The van der Waals surface area contributed by atoms with Crippen LogP contribution in [0.3, 0.4) is 0 Å². The molecule has 0 saturated carbocycles. The number of rotatable bonds is 59. The van der Waals surface area contributed by atoms with Gasteiger partial charge in [0.2, 0.25) is 70.9 Å². The van der Waals surface area contributed by atoms with Gasteiger partial charge in [0.1, 0.15) is 67.0 Å². The number of ether oxygens (including phenoxy) is 1. The average molecular weight is 1680 g/mol. The van der Waals surface area contributed by atoms with Gasteiger partial charge in [-0.15, -0.1) is 0 Å². The van der Waals surface area contributed by atoms with Crippen molar-refractivity contribution in [3.63, 3.8) is 0 Å². The number of aliphatic carboxylic acids is 9. The lowest BCUT2D eigenvalue weighted by Crippen LogP contribution is -2.60. The van der Waals surface area contributed by atoms with Crippen molar-refractivity contribution in [3.05, 3.63) is 35.4 Å². The number of carbonyl (C=O) groups excluding carboxylic acids is 14. The maximum Gasteiger partial charge on any atom is 0.303 e. The first-order chi connectivity index (χ1) is 55.3. The number of nitrogens with two attached hydrogens (primary N) is 1. The van der Waals surface area contributed by atoms with E-state index in [0.717, 1.165) is 0 Å². The van der Waals surface area contributed by atoms with Crippen LogP contribution in [0, 0.1) is 5.92 Å². The van der Waals surface area contributed by atoms with Gasteiger partial charge in [0, 0.05) is 82.9 Å². The van der Waals surface area contributed by atoms with E-state index in [1.54, 1.807) is 0 Å². The fourth-order valence-corrected chi connectivity index (χ4v) is 11.5. The van der Waals surface area contributed by atoms with Gasteiger partial charge in [0.05, 0.1) is 18.7 Å². The number of carboxylic acid groups (broad SMARTS) is 9. The molecular weight excluding hydrogens is 1570 g/mol. The van der Waals surface area contributed by atoms with Crippen LogP contribution in [-0.2, 0) is 117 Å². The molecule has 12 atom stereocenters. The molecule has 46 heteroatoms. The van der Waals surface area contributed by atoms with E-state index in [1.807, 2.05) is 13.8 Å². The minimum absolute atomic E-state index is 0.0625. The summed E-state index contributed by atoms with van der Waals surface area (Å²) >= 11 is 0. The molecule has 1 aromatic carbocycles. The van der Waals surface area contributed by atoms with Crippen LogP contribution < -0.4 is 64.2 Å². The van der Waals surface area contributed by atoms with Gasteiger partial charge in [0.15, 0.2) is 11.6 Å². The normalized spacial score (nSPS) is 15.0. The van der Waals surface area contributed by atoms with E-state index >= 15 is 0 Å². The second kappa shape index (κ2) is 52.0. The maximum absolute atomic E-state index is 14.4. The monoisotopic (exact) mass is 1680 g/mol. The Bertz CT molecular complexity index is 3820. The highest BCUT2D eigenvalue weighted by atomic mass is 16.5. The van der Waals surface area contributed by atoms with Crippen LogP contribution in [0.4, 0.5) is 0 Å². The Kier molecular flexibility index (Phi) is 44.7. The predicted octanol–water partition coefficient (Wildman–Crippen LogP) is -4.85. The smallest absolute Gasteiger partial charge is 0.303 e. The van der Waals surface area contributed by atoms with Crippen LogP contribution >= 0.6 is 0 Å².